The molecule has 4 rings (SSSR count). The second kappa shape index (κ2) is 13.3. The van der Waals surface area contributed by atoms with E-state index < -0.39 is 17.3 Å². The predicted molar refractivity (Wildman–Crippen MR) is 153 cm³/mol. The van der Waals surface area contributed by atoms with Gasteiger partial charge in [-0.2, -0.15) is 0 Å². The molecule has 0 saturated heterocycles. The molecule has 9 nitrogen and oxygen atoms in total. The number of ether oxygens (including phenoxy) is 1. The molecule has 11 heteroatoms. The Kier molecular flexibility index (Phi) is 10.1. The number of hydrogen-bond acceptors (Lipinski definition) is 7. The topological polar surface area (TPSA) is 141 Å². The molecule has 0 radical (unpaired) electrons. The van der Waals surface area contributed by atoms with Crippen molar-refractivity contribution < 1.29 is 14.3 Å². The van der Waals surface area contributed by atoms with E-state index in [-0.39, 0.29) is 23.6 Å². The van der Waals surface area contributed by atoms with Crippen molar-refractivity contribution in [2.24, 2.45) is 11.6 Å². The van der Waals surface area contributed by atoms with Gasteiger partial charge in [-0.25, -0.2) is 4.79 Å². The molecule has 0 saturated carbocycles. The summed E-state index contributed by atoms with van der Waals surface area (Å²) in [5.74, 6) is 3.25. The van der Waals surface area contributed by atoms with Crippen LogP contribution in [0.5, 0.6) is 0 Å². The lowest BCUT2D eigenvalue weighted by atomic mass is 10.1. The molecule has 198 valence electrons. The van der Waals surface area contributed by atoms with Crippen molar-refractivity contribution in [3.05, 3.63) is 110 Å². The van der Waals surface area contributed by atoms with Gasteiger partial charge in [-0.1, -0.05) is 41.9 Å². The Bertz CT molecular complexity index is 1490. The number of carbonyl (C=O) groups is 2. The van der Waals surface area contributed by atoms with Crippen LogP contribution < -0.4 is 27.7 Å². The fourth-order valence-electron chi connectivity index (χ4n) is 3.86. The zero-order chi connectivity index (χ0) is 27.8. The minimum absolute atomic E-state index is 0.0168. The van der Waals surface area contributed by atoms with Crippen LogP contribution in [0.4, 0.5) is 0 Å². The highest BCUT2D eigenvalue weighted by Crippen LogP contribution is 2.25. The number of amides is 1. The molecule has 0 fully saturated rings. The van der Waals surface area contributed by atoms with Crippen LogP contribution >= 0.6 is 20.8 Å². The molecular weight excluding hydrogens is 525 g/mol. The largest absolute Gasteiger partial charge is 0.464 e. The van der Waals surface area contributed by atoms with E-state index in [0.29, 0.717) is 27.2 Å². The SMILES string of the molecule is CNN.COC(=O)c1c(CNC(=O)c2ccc(C(N)P)cc2)c(=O)c2ccc(Cl)cc2n1-c1ccccc1. The molecule has 1 heterocycles. The van der Waals surface area contributed by atoms with Crippen molar-refractivity contribution in [2.75, 3.05) is 14.2 Å². The fourth-order valence-corrected chi connectivity index (χ4v) is 4.24. The van der Waals surface area contributed by atoms with Gasteiger partial charge in [-0.15, -0.1) is 9.24 Å². The van der Waals surface area contributed by atoms with E-state index >= 15 is 0 Å². The second-order valence-electron chi connectivity index (χ2n) is 8.10. The Hall–Kier alpha value is -3.59. The second-order valence-corrected chi connectivity index (χ2v) is 9.25. The van der Waals surface area contributed by atoms with Crippen LogP contribution in [0.2, 0.25) is 5.02 Å². The highest BCUT2D eigenvalue weighted by Gasteiger charge is 2.24. The maximum atomic E-state index is 13.5. The first-order valence-corrected chi connectivity index (χ1v) is 12.6. The summed E-state index contributed by atoms with van der Waals surface area (Å²) in [5, 5.41) is 3.52. The Balaban J connectivity index is 0.00000127. The van der Waals surface area contributed by atoms with Gasteiger partial charge < -0.3 is 20.4 Å². The summed E-state index contributed by atoms with van der Waals surface area (Å²) in [6, 6.07) is 20.7. The zero-order valence-electron chi connectivity index (χ0n) is 20.9. The number of esters is 1. The van der Waals surface area contributed by atoms with E-state index in [2.05, 4.69) is 25.8 Å². The molecule has 0 aliphatic carbocycles. The van der Waals surface area contributed by atoms with Crippen molar-refractivity contribution in [3.8, 4) is 5.69 Å². The smallest absolute Gasteiger partial charge is 0.355 e. The maximum absolute atomic E-state index is 13.5. The van der Waals surface area contributed by atoms with E-state index in [1.54, 1.807) is 66.2 Å². The van der Waals surface area contributed by atoms with Crippen LogP contribution in [0.3, 0.4) is 0 Å². The number of nitrogens with zero attached hydrogens (tertiary/aromatic N) is 1. The molecule has 2 unspecified atom stereocenters. The molecule has 6 N–H and O–H groups in total. The molecule has 1 aromatic heterocycles. The Morgan fingerprint density at radius 3 is 2.29 bits per heavy atom. The lowest BCUT2D eigenvalue weighted by Gasteiger charge is -2.20. The number of benzene rings is 3. The summed E-state index contributed by atoms with van der Waals surface area (Å²) in [4.78, 5) is 39.3. The number of para-hydroxylation sites is 1. The minimum atomic E-state index is -0.712. The average molecular weight is 554 g/mol. The van der Waals surface area contributed by atoms with Crippen molar-refractivity contribution in [3.63, 3.8) is 0 Å². The van der Waals surface area contributed by atoms with E-state index in [9.17, 15) is 14.4 Å². The molecule has 0 bridgehead atoms. The third kappa shape index (κ3) is 6.45. The number of fused-ring (bicyclic) bond motifs is 1. The summed E-state index contributed by atoms with van der Waals surface area (Å²) in [7, 11) is 5.38. The maximum Gasteiger partial charge on any atom is 0.355 e. The van der Waals surface area contributed by atoms with Gasteiger partial charge in [0.05, 0.1) is 18.2 Å². The molecule has 3 aromatic carbocycles. The molecule has 0 aliphatic heterocycles. The Morgan fingerprint density at radius 1 is 1.08 bits per heavy atom. The molecule has 0 aliphatic rings. The van der Waals surface area contributed by atoms with Gasteiger partial charge in [0.15, 0.2) is 5.43 Å². The standard InChI is InChI=1S/C26H23ClN3O4P.CH6N2/c1-34-26(33)22-20(14-29-25(32)16-9-7-15(8-10-16)24(28)35)23(31)19-12-11-17(27)13-21(19)30(22)18-5-3-2-4-6-18;1-3-2/h2-13,24H,14,28,35H2,1H3,(H,29,32);3H,2H2,1H3. The summed E-state index contributed by atoms with van der Waals surface area (Å²) < 4.78 is 6.67. The first kappa shape index (κ1) is 29.0. The summed E-state index contributed by atoms with van der Waals surface area (Å²) in [6.45, 7) is -0.182. The summed E-state index contributed by atoms with van der Waals surface area (Å²) in [5.41, 5.74) is 10.2. The van der Waals surface area contributed by atoms with Crippen molar-refractivity contribution in [1.29, 1.82) is 0 Å². The minimum Gasteiger partial charge on any atom is -0.464 e. The van der Waals surface area contributed by atoms with Crippen molar-refractivity contribution in [2.45, 2.75) is 12.3 Å². The number of halogens is 1. The molecule has 1 amide bonds. The molecular formula is C27H29ClN5O4P. The zero-order valence-corrected chi connectivity index (χ0v) is 22.8. The molecule has 0 spiro atoms. The van der Waals surface area contributed by atoms with E-state index in [1.165, 1.54) is 7.11 Å². The molecule has 2 atom stereocenters. The van der Waals surface area contributed by atoms with Gasteiger partial charge >= 0.3 is 5.97 Å². The lowest BCUT2D eigenvalue weighted by Crippen LogP contribution is -2.31. The number of hydrogen-bond donors (Lipinski definition) is 4. The van der Waals surface area contributed by atoms with Crippen LogP contribution in [0.15, 0.2) is 77.6 Å². The van der Waals surface area contributed by atoms with Gasteiger partial charge in [-0.05, 0) is 55.1 Å². The molecule has 4 aromatic rings. The summed E-state index contributed by atoms with van der Waals surface area (Å²) in [6.07, 6.45) is 0. The summed E-state index contributed by atoms with van der Waals surface area (Å²) >= 11 is 6.24. The number of nitrogens with one attached hydrogen (secondary N) is 2. The monoisotopic (exact) mass is 553 g/mol. The number of aromatic nitrogens is 1. The Morgan fingerprint density at radius 2 is 1.71 bits per heavy atom. The van der Waals surface area contributed by atoms with Crippen LogP contribution in [-0.4, -0.2) is 30.6 Å². The molecule has 38 heavy (non-hydrogen) atoms. The fraction of sp³-hybridized carbons (Fsp3) is 0.148. The first-order valence-electron chi connectivity index (χ1n) is 11.5. The van der Waals surface area contributed by atoms with Gasteiger partial charge in [0, 0.05) is 34.0 Å². The van der Waals surface area contributed by atoms with Gasteiger partial charge in [0.1, 0.15) is 5.69 Å². The highest BCUT2D eigenvalue weighted by molar-refractivity contribution is 7.17. The van der Waals surface area contributed by atoms with Crippen molar-refractivity contribution in [1.82, 2.24) is 15.3 Å². The third-order valence-electron chi connectivity index (χ3n) is 5.61. The highest BCUT2D eigenvalue weighted by atomic mass is 35.5. The van der Waals surface area contributed by atoms with Crippen LogP contribution in [0.25, 0.3) is 16.6 Å². The van der Waals surface area contributed by atoms with Crippen LogP contribution in [-0.2, 0) is 11.3 Å². The van der Waals surface area contributed by atoms with E-state index in [1.807, 2.05) is 18.2 Å². The number of methoxy groups -OCH3 is 1. The average Bonchev–Trinajstić information content (AvgIpc) is 2.92. The number of pyridine rings is 1. The third-order valence-corrected chi connectivity index (χ3v) is 6.23. The first-order chi connectivity index (χ1) is 18.2. The van der Waals surface area contributed by atoms with Crippen molar-refractivity contribution >= 4 is 43.6 Å². The number of nitrogens with two attached hydrogens (primary N) is 2. The van der Waals surface area contributed by atoms with E-state index in [0.717, 1.165) is 5.56 Å². The normalized spacial score (nSPS) is 11.3. The quantitative estimate of drug-likeness (QED) is 0.124. The number of hydrazine groups is 1. The van der Waals surface area contributed by atoms with E-state index in [4.69, 9.17) is 22.1 Å². The van der Waals surface area contributed by atoms with Gasteiger partial charge in [0.25, 0.3) is 5.91 Å². The lowest BCUT2D eigenvalue weighted by molar-refractivity contribution is 0.0589. The van der Waals surface area contributed by atoms with Crippen LogP contribution in [0, 0.1) is 0 Å². The number of carbonyl (C=O) groups excluding carboxylic acids is 2. The number of rotatable bonds is 6. The van der Waals surface area contributed by atoms with Gasteiger partial charge in [0.2, 0.25) is 0 Å². The van der Waals surface area contributed by atoms with Gasteiger partial charge in [-0.3, -0.25) is 20.9 Å². The Labute approximate surface area is 227 Å². The van der Waals surface area contributed by atoms with Crippen LogP contribution in [0.1, 0.15) is 37.8 Å². The predicted octanol–water partition coefficient (Wildman–Crippen LogP) is 3.27.